The Bertz CT molecular complexity index is 1070. The first-order valence-electron chi connectivity index (χ1n) is 9.18. The van der Waals surface area contributed by atoms with Crippen LogP contribution in [0.4, 0.5) is 5.69 Å². The highest BCUT2D eigenvalue weighted by molar-refractivity contribution is 5.96. The molecule has 0 aliphatic heterocycles. The van der Waals surface area contributed by atoms with Gasteiger partial charge in [-0.25, -0.2) is 0 Å². The van der Waals surface area contributed by atoms with Gasteiger partial charge in [0.05, 0.1) is 26.3 Å². The van der Waals surface area contributed by atoms with E-state index in [4.69, 9.17) is 4.74 Å². The highest BCUT2D eigenvalue weighted by Crippen LogP contribution is 2.38. The van der Waals surface area contributed by atoms with Gasteiger partial charge in [0.15, 0.2) is 5.69 Å². The Kier molecular flexibility index (Phi) is 6.76. The predicted octanol–water partition coefficient (Wildman–Crippen LogP) is 2.93. The Morgan fingerprint density at radius 1 is 1.10 bits per heavy atom. The van der Waals surface area contributed by atoms with Gasteiger partial charge in [0.25, 0.3) is 5.91 Å². The van der Waals surface area contributed by atoms with E-state index in [-0.39, 0.29) is 24.7 Å². The van der Waals surface area contributed by atoms with Gasteiger partial charge in [0, 0.05) is 11.9 Å². The van der Waals surface area contributed by atoms with Gasteiger partial charge < -0.3 is 19.9 Å². The zero-order valence-corrected chi connectivity index (χ0v) is 16.7. The molecule has 2 N–H and O–H groups in total. The fourth-order valence-electron chi connectivity index (χ4n) is 2.92. The number of hydrogen-bond acceptors (Lipinski definition) is 7. The third-order valence-electron chi connectivity index (χ3n) is 4.46. The minimum absolute atomic E-state index is 0.0168. The minimum Gasteiger partial charge on any atom is -0.497 e. The molecule has 156 valence electrons. The van der Waals surface area contributed by atoms with Crippen LogP contribution in [0, 0.1) is 0 Å². The van der Waals surface area contributed by atoms with Crippen LogP contribution in [-0.2, 0) is 27.4 Å². The summed E-state index contributed by atoms with van der Waals surface area (Å²) in [5.74, 6) is -0.514. The fraction of sp³-hybridized carbons (Fsp3) is 0.238. The largest absolute Gasteiger partial charge is 0.497 e. The molecule has 3 aromatic rings. The number of methoxy groups -OCH3 is 2. The van der Waals surface area contributed by atoms with Crippen LogP contribution in [-0.4, -0.2) is 42.3 Å². The second-order valence-corrected chi connectivity index (χ2v) is 6.40. The summed E-state index contributed by atoms with van der Waals surface area (Å²) < 4.78 is 11.1. The molecule has 1 aromatic heterocycles. The second-order valence-electron chi connectivity index (χ2n) is 6.40. The van der Waals surface area contributed by atoms with Gasteiger partial charge >= 0.3 is 5.97 Å². The van der Waals surface area contributed by atoms with E-state index in [0.29, 0.717) is 17.4 Å². The average molecular weight is 410 g/mol. The number of nitrogens with one attached hydrogen (secondary N) is 1. The van der Waals surface area contributed by atoms with Crippen molar-refractivity contribution >= 4 is 28.5 Å². The van der Waals surface area contributed by atoms with Crippen molar-refractivity contribution in [1.82, 2.24) is 9.88 Å². The van der Waals surface area contributed by atoms with Crippen molar-refractivity contribution in [3.8, 4) is 11.6 Å². The van der Waals surface area contributed by atoms with E-state index in [9.17, 15) is 14.7 Å². The smallest absolute Gasteiger partial charge is 0.325 e. The second kappa shape index (κ2) is 9.66. The van der Waals surface area contributed by atoms with Gasteiger partial charge in [0.1, 0.15) is 12.3 Å². The summed E-state index contributed by atoms with van der Waals surface area (Å²) in [6.07, 6.45) is 0. The molecule has 0 spiro atoms. The first-order valence-corrected chi connectivity index (χ1v) is 9.18. The summed E-state index contributed by atoms with van der Waals surface area (Å²) in [5, 5.41) is 21.7. The summed E-state index contributed by atoms with van der Waals surface area (Å²) in [4.78, 5) is 23.7. The monoisotopic (exact) mass is 410 g/mol. The molecule has 9 heteroatoms. The first kappa shape index (κ1) is 21.0. The highest BCUT2D eigenvalue weighted by Gasteiger charge is 2.18. The highest BCUT2D eigenvalue weighted by atomic mass is 16.5. The van der Waals surface area contributed by atoms with Crippen LogP contribution in [0.1, 0.15) is 5.56 Å². The number of hydrogen-bond donors (Lipinski definition) is 2. The number of azo groups is 1. The molecule has 0 aliphatic rings. The van der Waals surface area contributed by atoms with E-state index in [1.54, 1.807) is 31.4 Å². The van der Waals surface area contributed by atoms with Gasteiger partial charge in [-0.1, -0.05) is 30.3 Å². The van der Waals surface area contributed by atoms with Gasteiger partial charge in [-0.3, -0.25) is 14.2 Å². The van der Waals surface area contributed by atoms with Crippen LogP contribution in [0.15, 0.2) is 58.8 Å². The molecule has 0 aliphatic carbocycles. The van der Waals surface area contributed by atoms with Crippen LogP contribution in [0.2, 0.25) is 0 Å². The molecule has 0 radical (unpaired) electrons. The van der Waals surface area contributed by atoms with Crippen LogP contribution >= 0.6 is 0 Å². The number of aromatic nitrogens is 1. The third-order valence-corrected chi connectivity index (χ3v) is 4.46. The van der Waals surface area contributed by atoms with Gasteiger partial charge in [-0.2, -0.15) is 0 Å². The maximum absolute atomic E-state index is 12.1. The number of benzene rings is 2. The Hall–Kier alpha value is -3.72. The van der Waals surface area contributed by atoms with Crippen molar-refractivity contribution in [3.05, 3.63) is 54.1 Å². The van der Waals surface area contributed by atoms with Crippen molar-refractivity contribution in [2.75, 3.05) is 20.8 Å². The lowest BCUT2D eigenvalue weighted by Gasteiger charge is -2.04. The van der Waals surface area contributed by atoms with Crippen molar-refractivity contribution in [2.24, 2.45) is 10.2 Å². The summed E-state index contributed by atoms with van der Waals surface area (Å²) in [6.45, 7) is 0.280. The number of esters is 1. The minimum atomic E-state index is -0.520. The molecule has 9 nitrogen and oxygen atoms in total. The Balaban J connectivity index is 1.68. The van der Waals surface area contributed by atoms with Gasteiger partial charge in [0.2, 0.25) is 5.88 Å². The van der Waals surface area contributed by atoms with E-state index in [1.165, 1.54) is 11.7 Å². The lowest BCUT2D eigenvalue weighted by Crippen LogP contribution is -2.20. The van der Waals surface area contributed by atoms with E-state index >= 15 is 0 Å². The normalized spacial score (nSPS) is 11.1. The molecule has 0 fully saturated rings. The molecule has 1 amide bonds. The number of rotatable bonds is 8. The zero-order chi connectivity index (χ0) is 21.5. The SMILES string of the molecule is COC(=O)Cn1c(O)c(N=NC(=O)CNCc2ccc(OC)cc2)c2ccccc21. The van der Waals surface area contributed by atoms with Crippen molar-refractivity contribution in [2.45, 2.75) is 13.1 Å². The molecule has 0 saturated carbocycles. The van der Waals surface area contributed by atoms with E-state index in [2.05, 4.69) is 20.3 Å². The molecule has 30 heavy (non-hydrogen) atoms. The van der Waals surface area contributed by atoms with Crippen LogP contribution in [0.25, 0.3) is 10.9 Å². The van der Waals surface area contributed by atoms with Crippen molar-refractivity contribution in [3.63, 3.8) is 0 Å². The number of nitrogens with zero attached hydrogens (tertiary/aromatic N) is 3. The molecule has 0 unspecified atom stereocenters. The van der Waals surface area contributed by atoms with Gasteiger partial charge in [-0.15, -0.1) is 10.2 Å². The molecule has 0 saturated heterocycles. The summed E-state index contributed by atoms with van der Waals surface area (Å²) in [6, 6.07) is 14.5. The van der Waals surface area contributed by atoms with Crippen LogP contribution in [0.3, 0.4) is 0 Å². The number of carbonyl (C=O) groups is 2. The fourth-order valence-corrected chi connectivity index (χ4v) is 2.92. The standard InChI is InChI=1S/C21H22N4O5/c1-29-15-9-7-14(8-10-15)11-22-12-18(26)23-24-20-16-5-3-4-6-17(16)25(21(20)28)13-19(27)30-2/h3-10,22,28H,11-13H2,1-2H3. The van der Waals surface area contributed by atoms with Crippen LogP contribution in [0.5, 0.6) is 11.6 Å². The molecule has 0 atom stereocenters. The number of carbonyl (C=O) groups excluding carboxylic acids is 2. The molecule has 3 rings (SSSR count). The average Bonchev–Trinajstić information content (AvgIpc) is 3.03. The lowest BCUT2D eigenvalue weighted by atomic mass is 10.2. The third kappa shape index (κ3) is 4.81. The van der Waals surface area contributed by atoms with E-state index in [0.717, 1.165) is 11.3 Å². The topological polar surface area (TPSA) is 115 Å². The predicted molar refractivity (Wildman–Crippen MR) is 110 cm³/mol. The van der Waals surface area contributed by atoms with Crippen molar-refractivity contribution in [1.29, 1.82) is 0 Å². The quantitative estimate of drug-likeness (QED) is 0.436. The van der Waals surface area contributed by atoms with E-state index < -0.39 is 11.9 Å². The maximum Gasteiger partial charge on any atom is 0.325 e. The first-order chi connectivity index (χ1) is 14.5. The Labute approximate surface area is 172 Å². The van der Waals surface area contributed by atoms with Gasteiger partial charge in [-0.05, 0) is 23.8 Å². The molecule has 1 heterocycles. The number of para-hydroxylation sites is 1. The Morgan fingerprint density at radius 3 is 2.53 bits per heavy atom. The lowest BCUT2D eigenvalue weighted by molar-refractivity contribution is -0.141. The Morgan fingerprint density at radius 2 is 1.83 bits per heavy atom. The number of aromatic hydroxyl groups is 1. The number of ether oxygens (including phenoxy) is 2. The number of amides is 1. The molecule has 0 bridgehead atoms. The summed E-state index contributed by atoms with van der Waals surface area (Å²) in [7, 11) is 2.87. The van der Waals surface area contributed by atoms with E-state index in [1.807, 2.05) is 24.3 Å². The maximum atomic E-state index is 12.1. The molecular weight excluding hydrogens is 388 g/mol. The number of fused-ring (bicyclic) bond motifs is 1. The molecule has 2 aromatic carbocycles. The zero-order valence-electron chi connectivity index (χ0n) is 16.7. The summed E-state index contributed by atoms with van der Waals surface area (Å²) in [5.41, 5.74) is 1.70. The summed E-state index contributed by atoms with van der Waals surface area (Å²) >= 11 is 0. The van der Waals surface area contributed by atoms with Crippen molar-refractivity contribution < 1.29 is 24.2 Å². The molecular formula is C21H22N4O5. The van der Waals surface area contributed by atoms with Crippen LogP contribution < -0.4 is 10.1 Å².